The van der Waals surface area contributed by atoms with Crippen LogP contribution in [0.15, 0.2) is 18.2 Å². The van der Waals surface area contributed by atoms with Crippen LogP contribution >= 0.6 is 11.6 Å². The molecule has 0 amide bonds. The third-order valence-corrected chi connectivity index (χ3v) is 3.23. The summed E-state index contributed by atoms with van der Waals surface area (Å²) in [6.07, 6.45) is 2.14. The van der Waals surface area contributed by atoms with Crippen LogP contribution in [0.4, 0.5) is 0 Å². The average Bonchev–Trinajstić information content (AvgIpc) is 2.75. The van der Waals surface area contributed by atoms with Gasteiger partial charge in [0.1, 0.15) is 11.0 Å². The maximum Gasteiger partial charge on any atom is 0.114 e. The Bertz CT molecular complexity index is 505. The van der Waals surface area contributed by atoms with Crippen molar-refractivity contribution in [2.75, 3.05) is 13.2 Å². The molecular formula is C11H12ClN3O. The van der Waals surface area contributed by atoms with Crippen LogP contribution in [0.25, 0.3) is 11.0 Å². The summed E-state index contributed by atoms with van der Waals surface area (Å²) in [4.78, 5) is 0. The van der Waals surface area contributed by atoms with Crippen molar-refractivity contribution >= 4 is 22.6 Å². The zero-order valence-electron chi connectivity index (χ0n) is 8.77. The van der Waals surface area contributed by atoms with Crippen LogP contribution in [-0.4, -0.2) is 28.2 Å². The lowest BCUT2D eigenvalue weighted by molar-refractivity contribution is 0.0558. The minimum absolute atomic E-state index is 0.263. The fraction of sp³-hybridized carbons (Fsp3) is 0.455. The first-order valence-corrected chi connectivity index (χ1v) is 5.81. The monoisotopic (exact) mass is 237 g/mol. The first kappa shape index (κ1) is 10.1. The molecule has 0 aliphatic carbocycles. The second-order valence-corrected chi connectivity index (χ2v) is 4.42. The smallest absolute Gasteiger partial charge is 0.114 e. The van der Waals surface area contributed by atoms with Crippen molar-refractivity contribution in [3.8, 4) is 0 Å². The van der Waals surface area contributed by atoms with Crippen LogP contribution < -0.4 is 0 Å². The summed E-state index contributed by atoms with van der Waals surface area (Å²) in [5.74, 6) is 0. The van der Waals surface area contributed by atoms with Crippen molar-refractivity contribution in [2.24, 2.45) is 0 Å². The van der Waals surface area contributed by atoms with E-state index in [2.05, 4.69) is 10.3 Å². The fourth-order valence-corrected chi connectivity index (χ4v) is 2.38. The average molecular weight is 238 g/mol. The summed E-state index contributed by atoms with van der Waals surface area (Å²) in [5, 5.41) is 9.01. The van der Waals surface area contributed by atoms with Crippen molar-refractivity contribution in [2.45, 2.75) is 18.9 Å². The number of ether oxygens (including phenoxy) is 1. The van der Waals surface area contributed by atoms with Crippen molar-refractivity contribution in [3.05, 3.63) is 23.2 Å². The van der Waals surface area contributed by atoms with Gasteiger partial charge in [0.2, 0.25) is 0 Å². The Morgan fingerprint density at radius 2 is 2.38 bits per heavy atom. The summed E-state index contributed by atoms with van der Waals surface area (Å²) in [6.45, 7) is 1.54. The van der Waals surface area contributed by atoms with Crippen LogP contribution in [0.5, 0.6) is 0 Å². The van der Waals surface area contributed by atoms with E-state index in [4.69, 9.17) is 16.3 Å². The number of nitrogens with zero attached hydrogens (tertiary/aromatic N) is 3. The first-order valence-electron chi connectivity index (χ1n) is 5.43. The van der Waals surface area contributed by atoms with E-state index in [1.54, 1.807) is 0 Å². The number of benzene rings is 1. The highest BCUT2D eigenvalue weighted by molar-refractivity contribution is 6.34. The highest BCUT2D eigenvalue weighted by Gasteiger charge is 2.20. The summed E-state index contributed by atoms with van der Waals surface area (Å²) >= 11 is 6.18. The molecule has 1 saturated heterocycles. The normalized spacial score (nSPS) is 21.4. The van der Waals surface area contributed by atoms with E-state index < -0.39 is 0 Å². The lowest BCUT2D eigenvalue weighted by atomic mass is 10.1. The minimum Gasteiger partial charge on any atom is -0.379 e. The molecule has 1 atom stereocenters. The maximum absolute atomic E-state index is 6.18. The van der Waals surface area contributed by atoms with E-state index >= 15 is 0 Å². The zero-order chi connectivity index (χ0) is 11.0. The molecule has 1 aromatic heterocycles. The molecule has 0 bridgehead atoms. The van der Waals surface area contributed by atoms with Gasteiger partial charge in [0, 0.05) is 6.61 Å². The Labute approximate surface area is 98.1 Å². The van der Waals surface area contributed by atoms with Crippen LogP contribution in [0.3, 0.4) is 0 Å². The molecule has 0 spiro atoms. The van der Waals surface area contributed by atoms with Crippen LogP contribution in [0.1, 0.15) is 18.9 Å². The molecule has 0 saturated carbocycles. The number of aromatic nitrogens is 3. The van der Waals surface area contributed by atoms with Gasteiger partial charge in [0.15, 0.2) is 0 Å². The third-order valence-electron chi connectivity index (χ3n) is 2.93. The Hall–Kier alpha value is -1.13. The lowest BCUT2D eigenvalue weighted by Crippen LogP contribution is -2.22. The number of rotatable bonds is 1. The van der Waals surface area contributed by atoms with Gasteiger partial charge in [-0.15, -0.1) is 5.10 Å². The third kappa shape index (κ3) is 1.58. The number of fused-ring (bicyclic) bond motifs is 1. The molecule has 1 unspecified atom stereocenters. The standard InChI is InChI=1S/C11H12ClN3O/c12-9-4-1-5-10-11(9)15(14-13-10)8-3-2-6-16-7-8/h1,4-5,8H,2-3,6-7H2. The Kier molecular flexibility index (Phi) is 2.53. The van der Waals surface area contributed by atoms with Gasteiger partial charge in [-0.3, -0.25) is 0 Å². The van der Waals surface area contributed by atoms with Crippen molar-refractivity contribution in [1.82, 2.24) is 15.0 Å². The molecule has 3 rings (SSSR count). The van der Waals surface area contributed by atoms with Crippen molar-refractivity contribution < 1.29 is 4.74 Å². The topological polar surface area (TPSA) is 39.9 Å². The van der Waals surface area contributed by atoms with Gasteiger partial charge in [0.05, 0.1) is 17.7 Å². The van der Waals surface area contributed by atoms with Crippen molar-refractivity contribution in [1.29, 1.82) is 0 Å². The Morgan fingerprint density at radius 1 is 1.44 bits per heavy atom. The molecule has 1 aliphatic rings. The van der Waals surface area contributed by atoms with Gasteiger partial charge in [0.25, 0.3) is 0 Å². The van der Waals surface area contributed by atoms with Gasteiger partial charge in [-0.25, -0.2) is 4.68 Å². The van der Waals surface area contributed by atoms with E-state index in [1.165, 1.54) is 0 Å². The number of para-hydroxylation sites is 1. The van der Waals surface area contributed by atoms with Gasteiger partial charge in [-0.2, -0.15) is 0 Å². The van der Waals surface area contributed by atoms with Crippen LogP contribution in [0.2, 0.25) is 5.02 Å². The van der Waals surface area contributed by atoms with Gasteiger partial charge in [-0.05, 0) is 25.0 Å². The molecule has 16 heavy (non-hydrogen) atoms. The number of halogens is 1. The molecule has 2 heterocycles. The van der Waals surface area contributed by atoms with Crippen molar-refractivity contribution in [3.63, 3.8) is 0 Å². The molecule has 1 aromatic carbocycles. The van der Waals surface area contributed by atoms with E-state index in [9.17, 15) is 0 Å². The predicted octanol–water partition coefficient (Wildman–Crippen LogP) is 2.44. The molecule has 0 radical (unpaired) electrons. The van der Waals surface area contributed by atoms with E-state index in [0.29, 0.717) is 11.6 Å². The number of hydrogen-bond donors (Lipinski definition) is 0. The summed E-state index contributed by atoms with van der Waals surface area (Å²) in [6, 6.07) is 5.95. The summed E-state index contributed by atoms with van der Waals surface area (Å²) < 4.78 is 7.36. The zero-order valence-corrected chi connectivity index (χ0v) is 9.52. The molecule has 4 nitrogen and oxygen atoms in total. The largest absolute Gasteiger partial charge is 0.379 e. The van der Waals surface area contributed by atoms with E-state index in [0.717, 1.165) is 30.5 Å². The van der Waals surface area contributed by atoms with Crippen LogP contribution in [0, 0.1) is 0 Å². The summed E-state index contributed by atoms with van der Waals surface area (Å²) in [5.41, 5.74) is 1.76. The molecule has 1 fully saturated rings. The highest BCUT2D eigenvalue weighted by atomic mass is 35.5. The first-order chi connectivity index (χ1) is 7.86. The lowest BCUT2D eigenvalue weighted by Gasteiger charge is -2.22. The van der Waals surface area contributed by atoms with E-state index in [1.807, 2.05) is 22.9 Å². The molecule has 5 heteroatoms. The van der Waals surface area contributed by atoms with Crippen LogP contribution in [-0.2, 0) is 4.74 Å². The predicted molar refractivity (Wildman–Crippen MR) is 61.6 cm³/mol. The fourth-order valence-electron chi connectivity index (χ4n) is 2.12. The quantitative estimate of drug-likeness (QED) is 0.765. The van der Waals surface area contributed by atoms with Gasteiger partial charge in [-0.1, -0.05) is 22.9 Å². The van der Waals surface area contributed by atoms with E-state index in [-0.39, 0.29) is 6.04 Å². The molecular weight excluding hydrogens is 226 g/mol. The minimum atomic E-state index is 0.263. The number of hydrogen-bond acceptors (Lipinski definition) is 3. The Morgan fingerprint density at radius 3 is 3.19 bits per heavy atom. The highest BCUT2D eigenvalue weighted by Crippen LogP contribution is 2.27. The SMILES string of the molecule is Clc1cccc2nnn(C3CCCOC3)c12. The summed E-state index contributed by atoms with van der Waals surface area (Å²) in [7, 11) is 0. The molecule has 0 N–H and O–H groups in total. The second kappa shape index (κ2) is 4.03. The molecule has 84 valence electrons. The second-order valence-electron chi connectivity index (χ2n) is 4.01. The molecule has 1 aliphatic heterocycles. The Balaban J connectivity index is 2.09. The van der Waals surface area contributed by atoms with Gasteiger partial charge >= 0.3 is 0 Å². The van der Waals surface area contributed by atoms with Gasteiger partial charge < -0.3 is 4.74 Å². The molecule has 2 aromatic rings. The maximum atomic E-state index is 6.18.